The van der Waals surface area contributed by atoms with Gasteiger partial charge >= 0.3 is 37.9 Å². The van der Waals surface area contributed by atoms with Crippen LogP contribution in [0.3, 0.4) is 0 Å². The van der Waals surface area contributed by atoms with Crippen molar-refractivity contribution in [2.45, 2.75) is 46.5 Å². The summed E-state index contributed by atoms with van der Waals surface area (Å²) in [4.78, 5) is 0. The van der Waals surface area contributed by atoms with E-state index in [9.17, 15) is 0 Å². The van der Waals surface area contributed by atoms with Crippen LogP contribution in [0.1, 0.15) is 49.8 Å². The zero-order valence-corrected chi connectivity index (χ0v) is 19.3. The van der Waals surface area contributed by atoms with Gasteiger partial charge in [0.25, 0.3) is 0 Å². The molecule has 0 spiro atoms. The van der Waals surface area contributed by atoms with Gasteiger partial charge in [0.15, 0.2) is 0 Å². The topological polar surface area (TPSA) is 0 Å². The fourth-order valence-corrected chi connectivity index (χ4v) is 3.33. The van der Waals surface area contributed by atoms with Gasteiger partial charge in [0.1, 0.15) is 0 Å². The predicted octanol–water partition coefficient (Wildman–Crippen LogP) is 7.99. The Balaban J connectivity index is 0.000000701. The number of rotatable bonds is 4. The molecular formula is C22H25Cl2Zr-. The molecule has 3 aromatic carbocycles. The van der Waals surface area contributed by atoms with E-state index in [1.807, 2.05) is 0 Å². The Morgan fingerprint density at radius 1 is 1.08 bits per heavy atom. The van der Waals surface area contributed by atoms with Crippen LogP contribution < -0.4 is 0 Å². The summed E-state index contributed by atoms with van der Waals surface area (Å²) < 4.78 is 0. The summed E-state index contributed by atoms with van der Waals surface area (Å²) in [5.74, 6) is 0.576. The molecule has 132 valence electrons. The van der Waals surface area contributed by atoms with Crippen molar-refractivity contribution in [3.05, 3.63) is 65.2 Å². The first-order chi connectivity index (χ1) is 12.0. The van der Waals surface area contributed by atoms with Crippen molar-refractivity contribution in [2.24, 2.45) is 0 Å². The molecule has 0 radical (unpaired) electrons. The van der Waals surface area contributed by atoms with Crippen LogP contribution in [-0.2, 0) is 27.3 Å². The molecule has 0 saturated carbocycles. The Labute approximate surface area is 170 Å². The number of benzene rings is 2. The van der Waals surface area contributed by atoms with Gasteiger partial charge < -0.3 is 0 Å². The first-order valence-electron chi connectivity index (χ1n) is 8.77. The van der Waals surface area contributed by atoms with E-state index in [0.717, 1.165) is 6.42 Å². The molecule has 0 aliphatic carbocycles. The van der Waals surface area contributed by atoms with E-state index in [1.165, 1.54) is 45.0 Å². The maximum absolute atomic E-state index is 4.93. The van der Waals surface area contributed by atoms with Gasteiger partial charge in [-0.25, -0.2) is 0 Å². The second-order valence-corrected chi connectivity index (χ2v) is 10.4. The zero-order valence-electron chi connectivity index (χ0n) is 15.4. The van der Waals surface area contributed by atoms with Crippen molar-refractivity contribution in [1.29, 1.82) is 0 Å². The molecule has 0 fully saturated rings. The maximum atomic E-state index is 4.93. The van der Waals surface area contributed by atoms with Crippen LogP contribution in [0, 0.1) is 6.92 Å². The second kappa shape index (κ2) is 10.0. The molecule has 0 aliphatic rings. The second-order valence-electron chi connectivity index (χ2n) is 6.68. The van der Waals surface area contributed by atoms with Crippen molar-refractivity contribution >= 4 is 27.8 Å². The van der Waals surface area contributed by atoms with E-state index in [0.29, 0.717) is 5.92 Å². The number of fused-ring (bicyclic) bond motifs is 1. The van der Waals surface area contributed by atoms with Gasteiger partial charge in [-0.15, -0.1) is 34.5 Å². The van der Waals surface area contributed by atoms with E-state index in [1.54, 1.807) is 0 Å². The van der Waals surface area contributed by atoms with Crippen LogP contribution in [0.2, 0.25) is 0 Å². The van der Waals surface area contributed by atoms with Crippen molar-refractivity contribution in [3.8, 4) is 11.1 Å². The Kier molecular flexibility index (Phi) is 8.33. The van der Waals surface area contributed by atoms with E-state index in [4.69, 9.17) is 17.0 Å². The summed E-state index contributed by atoms with van der Waals surface area (Å²) in [6.07, 6.45) is 2.32. The van der Waals surface area contributed by atoms with Crippen LogP contribution in [0.25, 0.3) is 21.9 Å². The third-order valence-electron chi connectivity index (χ3n) is 4.60. The van der Waals surface area contributed by atoms with Crippen LogP contribution in [-0.4, -0.2) is 0 Å². The van der Waals surface area contributed by atoms with Gasteiger partial charge in [0.05, 0.1) is 0 Å². The van der Waals surface area contributed by atoms with Gasteiger partial charge in [-0.3, -0.25) is 0 Å². The van der Waals surface area contributed by atoms with Crippen LogP contribution in [0.4, 0.5) is 0 Å². The summed E-state index contributed by atoms with van der Waals surface area (Å²) in [6.45, 7) is 9.02. The van der Waals surface area contributed by atoms with Gasteiger partial charge in [-0.05, 0) is 30.4 Å². The Hall–Kier alpha value is -0.487. The Morgan fingerprint density at radius 3 is 2.36 bits per heavy atom. The van der Waals surface area contributed by atoms with E-state index in [-0.39, 0.29) is 0 Å². The average molecular weight is 452 g/mol. The van der Waals surface area contributed by atoms with Crippen LogP contribution >= 0.6 is 17.0 Å². The molecule has 3 aromatic rings. The number of aryl methyl sites for hydroxylation is 2. The monoisotopic (exact) mass is 449 g/mol. The summed E-state index contributed by atoms with van der Waals surface area (Å²) in [7, 11) is 9.87. The molecule has 0 aromatic heterocycles. The zero-order chi connectivity index (χ0) is 18.4. The van der Waals surface area contributed by atoms with E-state index < -0.39 is 20.8 Å². The quantitative estimate of drug-likeness (QED) is 0.353. The number of halogens is 2. The molecule has 0 atom stereocenters. The Bertz CT molecular complexity index is 818. The molecule has 0 heterocycles. The van der Waals surface area contributed by atoms with Crippen LogP contribution in [0.5, 0.6) is 0 Å². The van der Waals surface area contributed by atoms with Gasteiger partial charge in [0, 0.05) is 0 Å². The standard InChI is InChI=1S/C22H25.2ClH.Zr/c1-5-8-17-11-12-18-13-19(15(2)3)14-21(18)22(17)20-10-7-6-9-16(20)4;;;/h6-7,9-15H,5,8H2,1-4H3;2*1H;/q-1;;;+2/p-2. The summed E-state index contributed by atoms with van der Waals surface area (Å²) >= 11 is -0.826. The Morgan fingerprint density at radius 2 is 1.76 bits per heavy atom. The molecule has 0 aliphatic heterocycles. The van der Waals surface area contributed by atoms with Gasteiger partial charge in [-0.1, -0.05) is 62.6 Å². The first kappa shape index (κ1) is 20.8. The SMILES string of the molecule is CCCc1ccc2[cH-]c(C(C)C)cc2c1-c1ccccc1C.[Cl][Zr][Cl]. The molecule has 3 heteroatoms. The molecule has 25 heavy (non-hydrogen) atoms. The number of hydrogen-bond acceptors (Lipinski definition) is 0. The van der Waals surface area contributed by atoms with Gasteiger partial charge in [0.2, 0.25) is 0 Å². The molecule has 0 N–H and O–H groups in total. The summed E-state index contributed by atoms with van der Waals surface area (Å²) in [5, 5.41) is 2.80. The van der Waals surface area contributed by atoms with Gasteiger partial charge in [-0.2, -0.15) is 6.07 Å². The van der Waals surface area contributed by atoms with E-state index >= 15 is 0 Å². The third kappa shape index (κ3) is 5.03. The molecule has 0 bridgehead atoms. The summed E-state index contributed by atoms with van der Waals surface area (Å²) in [5.41, 5.74) is 7.12. The molecule has 0 nitrogen and oxygen atoms in total. The van der Waals surface area contributed by atoms with E-state index in [2.05, 4.69) is 76.2 Å². The fraction of sp³-hybridized carbons (Fsp3) is 0.318. The first-order valence-corrected chi connectivity index (χ1v) is 15.1. The normalized spacial score (nSPS) is 10.7. The van der Waals surface area contributed by atoms with Crippen molar-refractivity contribution in [1.82, 2.24) is 0 Å². The minimum atomic E-state index is -0.826. The molecular weight excluding hydrogens is 426 g/mol. The van der Waals surface area contributed by atoms with Crippen molar-refractivity contribution < 1.29 is 20.8 Å². The van der Waals surface area contributed by atoms with Crippen molar-refractivity contribution in [3.63, 3.8) is 0 Å². The predicted molar refractivity (Wildman–Crippen MR) is 110 cm³/mol. The van der Waals surface area contributed by atoms with Crippen LogP contribution in [0.15, 0.2) is 48.5 Å². The number of hydrogen-bond donors (Lipinski definition) is 0. The molecule has 3 rings (SSSR count). The fourth-order valence-electron chi connectivity index (χ4n) is 3.33. The third-order valence-corrected chi connectivity index (χ3v) is 4.60. The molecule has 0 unspecified atom stereocenters. The average Bonchev–Trinajstić information content (AvgIpc) is 3.01. The molecule has 0 saturated heterocycles. The molecule has 0 amide bonds. The summed E-state index contributed by atoms with van der Waals surface area (Å²) in [6, 6.07) is 18.2. The van der Waals surface area contributed by atoms with Crippen molar-refractivity contribution in [2.75, 3.05) is 0 Å². The minimum absolute atomic E-state index is 0.576.